The van der Waals surface area contributed by atoms with Gasteiger partial charge in [-0.15, -0.1) is 12.3 Å². The molecule has 0 aromatic carbocycles. The molecule has 86 valence electrons. The van der Waals surface area contributed by atoms with Crippen LogP contribution in [0, 0.1) is 12.3 Å². The standard InChI is InChI=1S/C11H12O5/c1-3-5-6-9(12)8(11(14)15)7-10(13)16-4-2/h1,7H,4-6H2,2H3,(H,14,15). The third kappa shape index (κ3) is 4.96. The van der Waals surface area contributed by atoms with Crippen LogP contribution >= 0.6 is 0 Å². The quantitative estimate of drug-likeness (QED) is 0.234. The first-order valence-electron chi connectivity index (χ1n) is 4.61. The van der Waals surface area contributed by atoms with Gasteiger partial charge >= 0.3 is 11.9 Å². The van der Waals surface area contributed by atoms with Gasteiger partial charge in [0.15, 0.2) is 5.78 Å². The van der Waals surface area contributed by atoms with Crippen LogP contribution in [0.1, 0.15) is 19.8 Å². The Morgan fingerprint density at radius 1 is 1.44 bits per heavy atom. The van der Waals surface area contributed by atoms with E-state index in [2.05, 4.69) is 10.7 Å². The lowest BCUT2D eigenvalue weighted by atomic mass is 10.1. The second-order valence-electron chi connectivity index (χ2n) is 2.74. The number of Topliss-reactive ketones (excluding diaryl/α,β-unsaturated/α-hetero) is 1. The molecule has 0 bridgehead atoms. The number of carboxylic acids is 1. The molecule has 0 aliphatic carbocycles. The van der Waals surface area contributed by atoms with Crippen LogP contribution < -0.4 is 0 Å². The van der Waals surface area contributed by atoms with Gasteiger partial charge in [0.25, 0.3) is 0 Å². The molecule has 0 saturated heterocycles. The summed E-state index contributed by atoms with van der Waals surface area (Å²) in [4.78, 5) is 33.0. The van der Waals surface area contributed by atoms with Gasteiger partial charge in [-0.25, -0.2) is 9.59 Å². The SMILES string of the molecule is C#CCCC(=O)C(=CC(=O)OCC)C(=O)O. The Kier molecular flexibility index (Phi) is 6.29. The molecule has 0 rings (SSSR count). The number of rotatable bonds is 6. The van der Waals surface area contributed by atoms with Crippen molar-refractivity contribution in [2.45, 2.75) is 19.8 Å². The van der Waals surface area contributed by atoms with Gasteiger partial charge in [0.2, 0.25) is 0 Å². The van der Waals surface area contributed by atoms with E-state index >= 15 is 0 Å². The normalized spacial score (nSPS) is 10.4. The van der Waals surface area contributed by atoms with Gasteiger partial charge in [-0.2, -0.15) is 0 Å². The summed E-state index contributed by atoms with van der Waals surface area (Å²) in [5.74, 6) is -0.784. The number of hydrogen-bond acceptors (Lipinski definition) is 4. The van der Waals surface area contributed by atoms with Crippen molar-refractivity contribution in [2.75, 3.05) is 6.61 Å². The predicted octanol–water partition coefficient (Wildman–Crippen LogP) is 0.543. The minimum atomic E-state index is -1.46. The number of terminal acetylenes is 1. The first-order valence-corrected chi connectivity index (χ1v) is 4.61. The maximum atomic E-state index is 11.3. The van der Waals surface area contributed by atoms with Crippen molar-refractivity contribution in [3.05, 3.63) is 11.6 Å². The molecule has 0 aromatic rings. The molecule has 5 heteroatoms. The third-order valence-electron chi connectivity index (χ3n) is 1.58. The maximum absolute atomic E-state index is 11.3. The fraction of sp³-hybridized carbons (Fsp3) is 0.364. The molecule has 0 aromatic heterocycles. The molecule has 0 aliphatic heterocycles. The van der Waals surface area contributed by atoms with E-state index in [1.807, 2.05) is 0 Å². The fourth-order valence-corrected chi connectivity index (χ4v) is 0.884. The highest BCUT2D eigenvalue weighted by atomic mass is 16.5. The van der Waals surface area contributed by atoms with Gasteiger partial charge in [-0.05, 0) is 6.92 Å². The van der Waals surface area contributed by atoms with Crippen LogP contribution in [-0.2, 0) is 19.1 Å². The fourth-order valence-electron chi connectivity index (χ4n) is 0.884. The number of carboxylic acid groups (broad SMARTS) is 1. The van der Waals surface area contributed by atoms with Gasteiger partial charge in [0.05, 0.1) is 6.61 Å². The van der Waals surface area contributed by atoms with Crippen molar-refractivity contribution in [3.63, 3.8) is 0 Å². The number of carbonyl (C=O) groups is 3. The van der Waals surface area contributed by atoms with Gasteiger partial charge in [0, 0.05) is 18.9 Å². The topological polar surface area (TPSA) is 80.7 Å². The molecule has 0 aliphatic rings. The van der Waals surface area contributed by atoms with E-state index in [0.29, 0.717) is 6.08 Å². The van der Waals surface area contributed by atoms with Gasteiger partial charge in [0.1, 0.15) is 5.57 Å². The molecule has 0 heterocycles. The Bertz CT molecular complexity index is 359. The van der Waals surface area contributed by atoms with Crippen LogP contribution in [0.15, 0.2) is 11.6 Å². The van der Waals surface area contributed by atoms with Crippen LogP contribution in [0.2, 0.25) is 0 Å². The molecule has 16 heavy (non-hydrogen) atoms. The first kappa shape index (κ1) is 13.9. The van der Waals surface area contributed by atoms with Crippen molar-refractivity contribution in [1.29, 1.82) is 0 Å². The van der Waals surface area contributed by atoms with E-state index in [4.69, 9.17) is 11.5 Å². The number of ether oxygens (including phenoxy) is 1. The van der Waals surface area contributed by atoms with Crippen molar-refractivity contribution in [2.24, 2.45) is 0 Å². The summed E-state index contributed by atoms with van der Waals surface area (Å²) in [6.45, 7) is 1.69. The number of ketones is 1. The highest BCUT2D eigenvalue weighted by molar-refractivity contribution is 6.19. The summed E-state index contributed by atoms with van der Waals surface area (Å²) in [5, 5.41) is 8.71. The average molecular weight is 224 g/mol. The molecule has 5 nitrogen and oxygen atoms in total. The Hall–Kier alpha value is -2.09. The molecule has 1 N–H and O–H groups in total. The smallest absolute Gasteiger partial charge is 0.339 e. The first-order chi connectivity index (χ1) is 7.52. The molecule has 0 saturated carbocycles. The van der Waals surface area contributed by atoms with Gasteiger partial charge in [-0.1, -0.05) is 0 Å². The van der Waals surface area contributed by atoms with Crippen molar-refractivity contribution in [1.82, 2.24) is 0 Å². The van der Waals surface area contributed by atoms with Crippen LogP contribution in [-0.4, -0.2) is 29.4 Å². The van der Waals surface area contributed by atoms with Crippen LogP contribution in [0.5, 0.6) is 0 Å². The Balaban J connectivity index is 4.74. The van der Waals surface area contributed by atoms with E-state index in [-0.39, 0.29) is 19.4 Å². The largest absolute Gasteiger partial charge is 0.478 e. The number of carbonyl (C=O) groups excluding carboxylic acids is 2. The van der Waals surface area contributed by atoms with E-state index in [1.165, 1.54) is 0 Å². The van der Waals surface area contributed by atoms with Crippen molar-refractivity contribution < 1.29 is 24.2 Å². The predicted molar refractivity (Wildman–Crippen MR) is 55.4 cm³/mol. The van der Waals surface area contributed by atoms with Crippen LogP contribution in [0.3, 0.4) is 0 Å². The number of hydrogen-bond donors (Lipinski definition) is 1. The molecule has 0 unspecified atom stereocenters. The molecule has 0 spiro atoms. The highest BCUT2D eigenvalue weighted by Gasteiger charge is 2.18. The monoisotopic (exact) mass is 224 g/mol. The van der Waals surface area contributed by atoms with E-state index in [1.54, 1.807) is 6.92 Å². The number of aliphatic carboxylic acids is 1. The van der Waals surface area contributed by atoms with Crippen LogP contribution in [0.4, 0.5) is 0 Å². The molecular formula is C11H12O5. The van der Waals surface area contributed by atoms with Gasteiger partial charge in [-0.3, -0.25) is 4.79 Å². The molecule has 0 fully saturated rings. The lowest BCUT2D eigenvalue weighted by Gasteiger charge is -2.00. The zero-order valence-corrected chi connectivity index (χ0v) is 8.86. The average Bonchev–Trinajstić information content (AvgIpc) is 2.22. The lowest BCUT2D eigenvalue weighted by molar-refractivity contribution is -0.139. The van der Waals surface area contributed by atoms with E-state index in [9.17, 15) is 14.4 Å². The molecule has 0 amide bonds. The van der Waals surface area contributed by atoms with Crippen molar-refractivity contribution >= 4 is 17.7 Å². The minimum absolute atomic E-state index is 0.103. The Labute approximate surface area is 93.1 Å². The Morgan fingerprint density at radius 3 is 2.50 bits per heavy atom. The molecule has 0 atom stereocenters. The van der Waals surface area contributed by atoms with E-state index in [0.717, 1.165) is 0 Å². The zero-order chi connectivity index (χ0) is 12.6. The lowest BCUT2D eigenvalue weighted by Crippen LogP contribution is -2.15. The minimum Gasteiger partial charge on any atom is -0.478 e. The number of esters is 1. The van der Waals surface area contributed by atoms with Crippen molar-refractivity contribution in [3.8, 4) is 12.3 Å². The summed E-state index contributed by atoms with van der Waals surface area (Å²) in [5.41, 5.74) is -0.603. The maximum Gasteiger partial charge on any atom is 0.339 e. The summed E-state index contributed by atoms with van der Waals surface area (Å²) in [6.07, 6.45) is 5.64. The zero-order valence-electron chi connectivity index (χ0n) is 8.86. The van der Waals surface area contributed by atoms with E-state index < -0.39 is 23.3 Å². The molecular weight excluding hydrogens is 212 g/mol. The highest BCUT2D eigenvalue weighted by Crippen LogP contribution is 2.04. The Morgan fingerprint density at radius 2 is 2.06 bits per heavy atom. The van der Waals surface area contributed by atoms with Crippen LogP contribution in [0.25, 0.3) is 0 Å². The molecule has 0 radical (unpaired) electrons. The van der Waals surface area contributed by atoms with Gasteiger partial charge < -0.3 is 9.84 Å². The summed E-state index contributed by atoms with van der Waals surface area (Å²) >= 11 is 0. The second kappa shape index (κ2) is 7.23. The third-order valence-corrected chi connectivity index (χ3v) is 1.58. The summed E-state index contributed by atoms with van der Waals surface area (Å²) in [6, 6.07) is 0. The summed E-state index contributed by atoms with van der Waals surface area (Å²) in [7, 11) is 0. The summed E-state index contributed by atoms with van der Waals surface area (Å²) < 4.78 is 4.51. The second-order valence-corrected chi connectivity index (χ2v) is 2.74.